The van der Waals surface area contributed by atoms with E-state index in [1.807, 2.05) is 6.26 Å². The molecule has 0 radical (unpaired) electrons. The van der Waals surface area contributed by atoms with Crippen LogP contribution in [0.25, 0.3) is 0 Å². The molecule has 1 aliphatic rings. The Morgan fingerprint density at radius 3 is 2.35 bits per heavy atom. The molecular weight excluding hydrogens is 314 g/mol. The van der Waals surface area contributed by atoms with Gasteiger partial charge in [0, 0.05) is 20.1 Å². The maximum Gasteiger partial charge on any atom is 0.261 e. The topological polar surface area (TPSA) is 83.7 Å². The molecule has 0 saturated heterocycles. The van der Waals surface area contributed by atoms with Gasteiger partial charge in [-0.15, -0.1) is 0 Å². The summed E-state index contributed by atoms with van der Waals surface area (Å²) in [6.45, 7) is 0.446. The van der Waals surface area contributed by atoms with Crippen molar-refractivity contribution < 1.29 is 14.4 Å². The Balaban J connectivity index is 1.93. The van der Waals surface area contributed by atoms with Gasteiger partial charge in [-0.2, -0.15) is 11.8 Å². The first-order valence-corrected chi connectivity index (χ1v) is 8.81. The average molecular weight is 335 g/mol. The molecule has 1 aliphatic heterocycles. The van der Waals surface area contributed by atoms with Crippen molar-refractivity contribution in [3.63, 3.8) is 0 Å². The first kappa shape index (κ1) is 17.5. The molecule has 0 saturated carbocycles. The average Bonchev–Trinajstić information content (AvgIpc) is 2.81. The highest BCUT2D eigenvalue weighted by atomic mass is 32.2. The molecule has 1 aromatic carbocycles. The molecule has 2 N–H and O–H groups in total. The zero-order valence-electron chi connectivity index (χ0n) is 13.3. The summed E-state index contributed by atoms with van der Waals surface area (Å²) in [7, 11) is 1.64. The number of likely N-dealkylation sites (N-methyl/N-ethyl adjacent to an activating group) is 1. The standard InChI is InChI=1S/C16H21N3O3S/c1-18(16(22)13(17)7-10-23-2)8-9-19-14(20)11-5-3-4-6-12(11)15(19)21/h3-6,13H,7-10,17H2,1-2H3. The van der Waals surface area contributed by atoms with E-state index in [2.05, 4.69) is 0 Å². The predicted molar refractivity (Wildman–Crippen MR) is 90.4 cm³/mol. The van der Waals surface area contributed by atoms with Gasteiger partial charge < -0.3 is 10.6 Å². The lowest BCUT2D eigenvalue weighted by Gasteiger charge is -2.23. The molecule has 0 aliphatic carbocycles. The van der Waals surface area contributed by atoms with Crippen molar-refractivity contribution >= 4 is 29.5 Å². The van der Waals surface area contributed by atoms with E-state index in [1.165, 1.54) is 9.80 Å². The summed E-state index contributed by atoms with van der Waals surface area (Å²) < 4.78 is 0. The van der Waals surface area contributed by atoms with Crippen LogP contribution in [0.5, 0.6) is 0 Å². The Labute approximate surface area is 140 Å². The van der Waals surface area contributed by atoms with Crippen LogP contribution in [-0.4, -0.2) is 65.7 Å². The third kappa shape index (κ3) is 3.73. The van der Waals surface area contributed by atoms with Crippen LogP contribution in [0.1, 0.15) is 27.1 Å². The van der Waals surface area contributed by atoms with E-state index in [0.717, 1.165) is 5.75 Å². The summed E-state index contributed by atoms with van der Waals surface area (Å²) in [4.78, 5) is 39.3. The fourth-order valence-electron chi connectivity index (χ4n) is 2.45. The molecule has 1 heterocycles. The molecule has 23 heavy (non-hydrogen) atoms. The number of nitrogens with two attached hydrogens (primary N) is 1. The number of imide groups is 1. The Hall–Kier alpha value is -1.86. The molecule has 3 amide bonds. The van der Waals surface area contributed by atoms with Crippen molar-refractivity contribution in [1.82, 2.24) is 9.80 Å². The lowest BCUT2D eigenvalue weighted by molar-refractivity contribution is -0.131. The summed E-state index contributed by atoms with van der Waals surface area (Å²) in [5.41, 5.74) is 6.70. The summed E-state index contributed by atoms with van der Waals surface area (Å²) in [5, 5.41) is 0. The van der Waals surface area contributed by atoms with Crippen LogP contribution >= 0.6 is 11.8 Å². The van der Waals surface area contributed by atoms with Crippen LogP contribution in [-0.2, 0) is 4.79 Å². The number of hydrogen-bond donors (Lipinski definition) is 1. The molecule has 6 nitrogen and oxygen atoms in total. The minimum Gasteiger partial charge on any atom is -0.343 e. The van der Waals surface area contributed by atoms with Gasteiger partial charge in [0.05, 0.1) is 17.2 Å². The lowest BCUT2D eigenvalue weighted by atomic mass is 10.1. The van der Waals surface area contributed by atoms with Gasteiger partial charge in [0.15, 0.2) is 0 Å². The molecule has 7 heteroatoms. The van der Waals surface area contributed by atoms with Gasteiger partial charge in [-0.1, -0.05) is 12.1 Å². The largest absolute Gasteiger partial charge is 0.343 e. The number of amides is 3. The molecular formula is C16H21N3O3S. The van der Waals surface area contributed by atoms with Crippen molar-refractivity contribution in [1.29, 1.82) is 0 Å². The van der Waals surface area contributed by atoms with Gasteiger partial charge in [-0.05, 0) is 30.6 Å². The normalized spacial score (nSPS) is 14.8. The van der Waals surface area contributed by atoms with E-state index in [9.17, 15) is 14.4 Å². The summed E-state index contributed by atoms with van der Waals surface area (Å²) in [6.07, 6.45) is 2.57. The second kappa shape index (κ2) is 7.61. The van der Waals surface area contributed by atoms with Gasteiger partial charge in [0.2, 0.25) is 5.91 Å². The maximum atomic E-state index is 12.2. The molecule has 0 bridgehead atoms. The van der Waals surface area contributed by atoms with E-state index in [4.69, 9.17) is 5.73 Å². The SMILES string of the molecule is CSCCC(N)C(=O)N(C)CCN1C(=O)c2ccccc2C1=O. The Morgan fingerprint density at radius 2 is 1.83 bits per heavy atom. The summed E-state index contributed by atoms with van der Waals surface area (Å²) in [5.74, 6) is 0.0333. The van der Waals surface area contributed by atoms with Crippen LogP contribution in [0, 0.1) is 0 Å². The number of carbonyl (C=O) groups is 3. The fraction of sp³-hybridized carbons (Fsp3) is 0.438. The molecule has 1 atom stereocenters. The number of thioether (sulfide) groups is 1. The van der Waals surface area contributed by atoms with Gasteiger partial charge in [-0.3, -0.25) is 19.3 Å². The third-order valence-electron chi connectivity index (χ3n) is 3.86. The molecule has 1 aromatic rings. The maximum absolute atomic E-state index is 12.2. The number of benzene rings is 1. The first-order valence-electron chi connectivity index (χ1n) is 7.42. The van der Waals surface area contributed by atoms with Crippen molar-refractivity contribution in [3.8, 4) is 0 Å². The van der Waals surface area contributed by atoms with Crippen LogP contribution in [0.3, 0.4) is 0 Å². The van der Waals surface area contributed by atoms with Crippen molar-refractivity contribution in [3.05, 3.63) is 35.4 Å². The Bertz CT molecular complexity index is 585. The van der Waals surface area contributed by atoms with Gasteiger partial charge in [0.25, 0.3) is 11.8 Å². The smallest absolute Gasteiger partial charge is 0.261 e. The highest BCUT2D eigenvalue weighted by molar-refractivity contribution is 7.98. The van der Waals surface area contributed by atoms with E-state index in [0.29, 0.717) is 17.5 Å². The molecule has 2 rings (SSSR count). The van der Waals surface area contributed by atoms with Gasteiger partial charge >= 0.3 is 0 Å². The van der Waals surface area contributed by atoms with Crippen LogP contribution in [0.2, 0.25) is 0 Å². The summed E-state index contributed by atoms with van der Waals surface area (Å²) >= 11 is 1.64. The number of rotatable bonds is 7. The predicted octanol–water partition coefficient (Wildman–Crippen LogP) is 0.821. The lowest BCUT2D eigenvalue weighted by Crippen LogP contribution is -2.45. The fourth-order valence-corrected chi connectivity index (χ4v) is 2.94. The van der Waals surface area contributed by atoms with Gasteiger partial charge in [-0.25, -0.2) is 0 Å². The van der Waals surface area contributed by atoms with Crippen molar-refractivity contribution in [2.24, 2.45) is 5.73 Å². The molecule has 1 unspecified atom stereocenters. The monoisotopic (exact) mass is 335 g/mol. The zero-order chi connectivity index (χ0) is 17.0. The van der Waals surface area contributed by atoms with Crippen LogP contribution < -0.4 is 5.73 Å². The summed E-state index contributed by atoms with van der Waals surface area (Å²) in [6, 6.07) is 6.20. The van der Waals surface area contributed by atoms with E-state index >= 15 is 0 Å². The Morgan fingerprint density at radius 1 is 1.26 bits per heavy atom. The second-order valence-electron chi connectivity index (χ2n) is 5.46. The number of fused-ring (bicyclic) bond motifs is 1. The van der Waals surface area contributed by atoms with Crippen LogP contribution in [0.4, 0.5) is 0 Å². The van der Waals surface area contributed by atoms with Crippen molar-refractivity contribution in [2.45, 2.75) is 12.5 Å². The number of nitrogens with zero attached hydrogens (tertiary/aromatic N) is 2. The van der Waals surface area contributed by atoms with Crippen molar-refractivity contribution in [2.75, 3.05) is 32.1 Å². The van der Waals surface area contributed by atoms with E-state index in [1.54, 1.807) is 43.1 Å². The molecule has 124 valence electrons. The highest BCUT2D eigenvalue weighted by Crippen LogP contribution is 2.22. The third-order valence-corrected chi connectivity index (χ3v) is 4.51. The zero-order valence-corrected chi connectivity index (χ0v) is 14.1. The minimum atomic E-state index is -0.547. The first-order chi connectivity index (χ1) is 11.0. The van der Waals surface area contributed by atoms with Gasteiger partial charge in [0.1, 0.15) is 0 Å². The molecule has 0 fully saturated rings. The molecule has 0 spiro atoms. The van der Waals surface area contributed by atoms with E-state index < -0.39 is 6.04 Å². The van der Waals surface area contributed by atoms with E-state index in [-0.39, 0.29) is 30.8 Å². The number of hydrogen-bond acceptors (Lipinski definition) is 5. The minimum absolute atomic E-state index is 0.170. The van der Waals surface area contributed by atoms with Crippen LogP contribution in [0.15, 0.2) is 24.3 Å². The molecule has 0 aromatic heterocycles. The number of carbonyl (C=O) groups excluding carboxylic acids is 3. The second-order valence-corrected chi connectivity index (χ2v) is 6.44. The Kier molecular flexibility index (Phi) is 5.79. The highest BCUT2D eigenvalue weighted by Gasteiger charge is 2.35. The quantitative estimate of drug-likeness (QED) is 0.746.